The van der Waals surface area contributed by atoms with Crippen LogP contribution < -0.4 is 5.73 Å². The summed E-state index contributed by atoms with van der Waals surface area (Å²) in [5, 5.41) is 9.50. The van der Waals surface area contributed by atoms with Gasteiger partial charge in [0, 0.05) is 13.1 Å². The van der Waals surface area contributed by atoms with Gasteiger partial charge in [0.2, 0.25) is 5.91 Å². The maximum Gasteiger partial charge on any atom is 0.239 e. The van der Waals surface area contributed by atoms with E-state index in [0.717, 1.165) is 45.2 Å². The molecule has 1 aliphatic heterocycles. The van der Waals surface area contributed by atoms with Crippen molar-refractivity contribution in [1.82, 2.24) is 4.90 Å². The summed E-state index contributed by atoms with van der Waals surface area (Å²) >= 11 is 0. The Kier molecular flexibility index (Phi) is 5.92. The highest BCUT2D eigenvalue weighted by Crippen LogP contribution is 2.21. The Hall–Kier alpha value is -0.610. The molecule has 1 aliphatic rings. The third-order valence-electron chi connectivity index (χ3n) is 3.72. The number of piperidine rings is 1. The van der Waals surface area contributed by atoms with Gasteiger partial charge in [-0.05, 0) is 32.1 Å². The first-order chi connectivity index (χ1) is 8.06. The third kappa shape index (κ3) is 4.28. The van der Waals surface area contributed by atoms with Gasteiger partial charge in [-0.25, -0.2) is 0 Å². The van der Waals surface area contributed by atoms with Crippen molar-refractivity contribution in [2.75, 3.05) is 13.1 Å². The fourth-order valence-corrected chi connectivity index (χ4v) is 2.38. The average Bonchev–Trinajstić information content (AvgIpc) is 2.35. The fraction of sp³-hybridized carbons (Fsp3) is 0.923. The lowest BCUT2D eigenvalue weighted by atomic mass is 9.92. The van der Waals surface area contributed by atoms with E-state index in [-0.39, 0.29) is 18.1 Å². The number of carbonyl (C=O) groups excluding carboxylic acids is 1. The van der Waals surface area contributed by atoms with Gasteiger partial charge in [0.25, 0.3) is 0 Å². The Morgan fingerprint density at radius 1 is 1.47 bits per heavy atom. The van der Waals surface area contributed by atoms with E-state index in [9.17, 15) is 9.90 Å². The molecular formula is C13H26N2O2. The molecule has 100 valence electrons. The Morgan fingerprint density at radius 3 is 2.53 bits per heavy atom. The molecule has 2 atom stereocenters. The number of likely N-dealkylation sites (tertiary alicyclic amines) is 1. The van der Waals surface area contributed by atoms with Crippen LogP contribution in [0.4, 0.5) is 0 Å². The number of nitrogens with two attached hydrogens (primary N) is 1. The van der Waals surface area contributed by atoms with E-state index in [2.05, 4.69) is 6.92 Å². The van der Waals surface area contributed by atoms with Gasteiger partial charge in [-0.1, -0.05) is 19.8 Å². The maximum atomic E-state index is 12.0. The molecule has 2 unspecified atom stereocenters. The number of hydrogen-bond acceptors (Lipinski definition) is 3. The third-order valence-corrected chi connectivity index (χ3v) is 3.72. The molecule has 3 N–H and O–H groups in total. The zero-order chi connectivity index (χ0) is 12.8. The molecule has 0 aromatic heterocycles. The summed E-state index contributed by atoms with van der Waals surface area (Å²) in [4.78, 5) is 13.9. The zero-order valence-corrected chi connectivity index (χ0v) is 11.1. The van der Waals surface area contributed by atoms with Crippen molar-refractivity contribution in [3.8, 4) is 0 Å². The molecule has 0 spiro atoms. The standard InChI is InChI=1S/C13H26N2O2/c1-3-4-5-12(14)13(17)15-8-6-11(7-9-15)10(2)16/h10-12,16H,3-9,14H2,1-2H3. The van der Waals surface area contributed by atoms with E-state index in [0.29, 0.717) is 5.92 Å². The molecule has 0 aromatic rings. The average molecular weight is 242 g/mol. The van der Waals surface area contributed by atoms with Crippen molar-refractivity contribution in [2.45, 2.75) is 58.1 Å². The lowest BCUT2D eigenvalue weighted by molar-refractivity contribution is -0.134. The number of amides is 1. The van der Waals surface area contributed by atoms with Crippen molar-refractivity contribution in [2.24, 2.45) is 11.7 Å². The second kappa shape index (κ2) is 6.97. The number of hydrogen-bond donors (Lipinski definition) is 2. The second-order valence-electron chi connectivity index (χ2n) is 5.15. The minimum Gasteiger partial charge on any atom is -0.393 e. The van der Waals surface area contributed by atoms with Gasteiger partial charge in [-0.2, -0.15) is 0 Å². The van der Waals surface area contributed by atoms with Crippen molar-refractivity contribution >= 4 is 5.91 Å². The first-order valence-electron chi connectivity index (χ1n) is 6.78. The molecule has 1 amide bonds. The van der Waals surface area contributed by atoms with E-state index in [1.54, 1.807) is 0 Å². The molecule has 1 rings (SSSR count). The normalized spacial score (nSPS) is 21.3. The number of nitrogens with zero attached hydrogens (tertiary/aromatic N) is 1. The lowest BCUT2D eigenvalue weighted by Gasteiger charge is -2.34. The summed E-state index contributed by atoms with van der Waals surface area (Å²) in [6.07, 6.45) is 4.39. The van der Waals surface area contributed by atoms with Crippen LogP contribution in [0.5, 0.6) is 0 Å². The van der Waals surface area contributed by atoms with E-state index in [1.165, 1.54) is 0 Å². The van der Waals surface area contributed by atoms with Crippen molar-refractivity contribution in [3.05, 3.63) is 0 Å². The molecule has 1 fully saturated rings. The second-order valence-corrected chi connectivity index (χ2v) is 5.15. The molecular weight excluding hydrogens is 216 g/mol. The van der Waals surface area contributed by atoms with Crippen LogP contribution in [0.3, 0.4) is 0 Å². The van der Waals surface area contributed by atoms with Gasteiger partial charge >= 0.3 is 0 Å². The van der Waals surface area contributed by atoms with Crippen molar-refractivity contribution in [1.29, 1.82) is 0 Å². The predicted octanol–water partition coefficient (Wildman–Crippen LogP) is 1.12. The van der Waals surface area contributed by atoms with Gasteiger partial charge in [0.05, 0.1) is 12.1 Å². The number of aliphatic hydroxyl groups is 1. The van der Waals surface area contributed by atoms with Crippen molar-refractivity contribution in [3.63, 3.8) is 0 Å². The molecule has 4 heteroatoms. The summed E-state index contributed by atoms with van der Waals surface area (Å²) in [6, 6.07) is -0.335. The topological polar surface area (TPSA) is 66.6 Å². The molecule has 1 saturated heterocycles. The van der Waals surface area contributed by atoms with E-state index >= 15 is 0 Å². The molecule has 17 heavy (non-hydrogen) atoms. The number of unbranched alkanes of at least 4 members (excludes halogenated alkanes) is 1. The molecule has 4 nitrogen and oxygen atoms in total. The van der Waals surface area contributed by atoms with E-state index in [4.69, 9.17) is 5.73 Å². The number of rotatable bonds is 5. The van der Waals surface area contributed by atoms with Gasteiger partial charge < -0.3 is 15.7 Å². The van der Waals surface area contributed by atoms with Crippen LogP contribution in [0.1, 0.15) is 46.0 Å². The Bertz CT molecular complexity index is 236. The SMILES string of the molecule is CCCCC(N)C(=O)N1CCC(C(C)O)CC1. The predicted molar refractivity (Wildman–Crippen MR) is 68.5 cm³/mol. The molecule has 0 bridgehead atoms. The Labute approximate surface area is 104 Å². The van der Waals surface area contributed by atoms with Crippen LogP contribution in [0.2, 0.25) is 0 Å². The first-order valence-corrected chi connectivity index (χ1v) is 6.78. The highest BCUT2D eigenvalue weighted by Gasteiger charge is 2.27. The minimum absolute atomic E-state index is 0.0856. The minimum atomic E-state index is -0.335. The number of aliphatic hydroxyl groups excluding tert-OH is 1. The fourth-order valence-electron chi connectivity index (χ4n) is 2.38. The van der Waals surface area contributed by atoms with Crippen LogP contribution in [-0.2, 0) is 4.79 Å². The van der Waals surface area contributed by atoms with Gasteiger partial charge in [0.15, 0.2) is 0 Å². The lowest BCUT2D eigenvalue weighted by Crippen LogP contribution is -2.48. The number of carbonyl (C=O) groups is 1. The summed E-state index contributed by atoms with van der Waals surface area (Å²) < 4.78 is 0. The van der Waals surface area contributed by atoms with Crippen LogP contribution in [0.15, 0.2) is 0 Å². The molecule has 0 aromatic carbocycles. The molecule has 0 radical (unpaired) electrons. The van der Waals surface area contributed by atoms with Gasteiger partial charge in [-0.15, -0.1) is 0 Å². The summed E-state index contributed by atoms with van der Waals surface area (Å²) in [5.41, 5.74) is 5.89. The maximum absolute atomic E-state index is 12.0. The van der Waals surface area contributed by atoms with E-state index in [1.807, 2.05) is 11.8 Å². The first kappa shape index (κ1) is 14.5. The van der Waals surface area contributed by atoms with Gasteiger partial charge in [0.1, 0.15) is 0 Å². The molecule has 0 aliphatic carbocycles. The largest absolute Gasteiger partial charge is 0.393 e. The van der Waals surface area contributed by atoms with E-state index < -0.39 is 0 Å². The molecule has 1 heterocycles. The zero-order valence-electron chi connectivity index (χ0n) is 11.1. The summed E-state index contributed by atoms with van der Waals surface area (Å²) in [7, 11) is 0. The summed E-state index contributed by atoms with van der Waals surface area (Å²) in [6.45, 7) is 5.42. The van der Waals surface area contributed by atoms with Gasteiger partial charge in [-0.3, -0.25) is 4.79 Å². The van der Waals surface area contributed by atoms with Crippen LogP contribution in [-0.4, -0.2) is 41.1 Å². The highest BCUT2D eigenvalue weighted by atomic mass is 16.3. The Morgan fingerprint density at radius 2 is 2.06 bits per heavy atom. The molecule has 0 saturated carbocycles. The van der Waals surface area contributed by atoms with Crippen LogP contribution >= 0.6 is 0 Å². The monoisotopic (exact) mass is 242 g/mol. The van der Waals surface area contributed by atoms with Crippen LogP contribution in [0.25, 0.3) is 0 Å². The highest BCUT2D eigenvalue weighted by molar-refractivity contribution is 5.81. The smallest absolute Gasteiger partial charge is 0.239 e. The van der Waals surface area contributed by atoms with Crippen molar-refractivity contribution < 1.29 is 9.90 Å². The summed E-state index contributed by atoms with van der Waals surface area (Å²) in [5.74, 6) is 0.424. The van der Waals surface area contributed by atoms with Crippen LogP contribution in [0, 0.1) is 5.92 Å². The Balaban J connectivity index is 2.35. The quantitative estimate of drug-likeness (QED) is 0.759.